The lowest BCUT2D eigenvalue weighted by molar-refractivity contribution is -0.143. The molecule has 244 valence electrons. The standard InChI is InChI=1S/C35H33BrN2O8S/c1-5-43-28-17-24(13-16-27(28)46-20-30(39)42-4)32-31(34(41)44-6-2)21(3)37-35-38(32)33(40)29(47-35)18-23-9-7-8-10-26(23)45-19-22-11-14-25(36)15-12-22/h7-18,32H,5-6,19-20H2,1-4H3/b29-18-/t32-/m0/s1. The van der Waals surface area contributed by atoms with Crippen molar-refractivity contribution in [3.8, 4) is 17.2 Å². The van der Waals surface area contributed by atoms with Gasteiger partial charge in [-0.15, -0.1) is 0 Å². The van der Waals surface area contributed by atoms with E-state index in [0.717, 1.165) is 15.6 Å². The van der Waals surface area contributed by atoms with Gasteiger partial charge in [-0.2, -0.15) is 0 Å². The molecule has 10 nitrogen and oxygen atoms in total. The normalized spacial score (nSPS) is 14.2. The SMILES string of the molecule is CCOC(=O)C1=C(C)N=c2s/c(=C\c3ccccc3OCc3ccc(Br)cc3)c(=O)n2[C@H]1c1ccc(OCC(=O)OC)c(OCC)c1. The number of para-hydroxylation sites is 1. The maximum Gasteiger partial charge on any atom is 0.343 e. The van der Waals surface area contributed by atoms with E-state index in [-0.39, 0.29) is 24.3 Å². The largest absolute Gasteiger partial charge is 0.490 e. The van der Waals surface area contributed by atoms with E-state index in [4.69, 9.17) is 18.9 Å². The first-order valence-electron chi connectivity index (χ1n) is 14.9. The van der Waals surface area contributed by atoms with Crippen molar-refractivity contribution in [2.45, 2.75) is 33.4 Å². The first-order chi connectivity index (χ1) is 22.7. The molecule has 5 rings (SSSR count). The Labute approximate surface area is 283 Å². The quantitative estimate of drug-likeness (QED) is 0.186. The van der Waals surface area contributed by atoms with Gasteiger partial charge in [-0.3, -0.25) is 9.36 Å². The van der Waals surface area contributed by atoms with Gasteiger partial charge in [-0.05, 0) is 68.3 Å². The molecule has 1 atom stereocenters. The van der Waals surface area contributed by atoms with E-state index in [1.54, 1.807) is 38.1 Å². The van der Waals surface area contributed by atoms with Crippen molar-refractivity contribution in [1.82, 2.24) is 4.57 Å². The molecule has 1 aliphatic rings. The van der Waals surface area contributed by atoms with Crippen LogP contribution in [0.3, 0.4) is 0 Å². The molecule has 0 radical (unpaired) electrons. The van der Waals surface area contributed by atoms with Crippen LogP contribution in [-0.4, -0.2) is 43.4 Å². The number of hydrogen-bond acceptors (Lipinski definition) is 10. The van der Waals surface area contributed by atoms with Crippen LogP contribution < -0.4 is 29.1 Å². The lowest BCUT2D eigenvalue weighted by Gasteiger charge is -2.25. The van der Waals surface area contributed by atoms with Gasteiger partial charge >= 0.3 is 11.9 Å². The van der Waals surface area contributed by atoms with Crippen molar-refractivity contribution in [1.29, 1.82) is 0 Å². The second-order valence-electron chi connectivity index (χ2n) is 10.3. The Morgan fingerprint density at radius 2 is 1.72 bits per heavy atom. The zero-order valence-electron chi connectivity index (χ0n) is 26.3. The van der Waals surface area contributed by atoms with E-state index < -0.39 is 18.0 Å². The van der Waals surface area contributed by atoms with Gasteiger partial charge in [0, 0.05) is 10.0 Å². The summed E-state index contributed by atoms with van der Waals surface area (Å²) in [5.74, 6) is 0.137. The molecule has 0 saturated carbocycles. The minimum absolute atomic E-state index is 0.147. The fourth-order valence-electron chi connectivity index (χ4n) is 5.00. The number of carbonyl (C=O) groups is 2. The minimum atomic E-state index is -0.870. The molecule has 12 heteroatoms. The Balaban J connectivity index is 1.59. The number of fused-ring (bicyclic) bond motifs is 1. The molecular weight excluding hydrogens is 688 g/mol. The summed E-state index contributed by atoms with van der Waals surface area (Å²) in [4.78, 5) is 44.4. The zero-order chi connectivity index (χ0) is 33.5. The molecule has 47 heavy (non-hydrogen) atoms. The van der Waals surface area contributed by atoms with Crippen LogP contribution in [0.4, 0.5) is 0 Å². The molecule has 0 spiro atoms. The fraction of sp³-hybridized carbons (Fsp3) is 0.257. The predicted octanol–water partition coefficient (Wildman–Crippen LogP) is 5.09. The average molecular weight is 722 g/mol. The zero-order valence-corrected chi connectivity index (χ0v) is 28.7. The van der Waals surface area contributed by atoms with Gasteiger partial charge in [-0.1, -0.05) is 63.7 Å². The summed E-state index contributed by atoms with van der Waals surface area (Å²) in [5, 5.41) is 0. The highest BCUT2D eigenvalue weighted by Gasteiger charge is 2.34. The minimum Gasteiger partial charge on any atom is -0.490 e. The van der Waals surface area contributed by atoms with Crippen LogP contribution in [0.1, 0.15) is 43.5 Å². The van der Waals surface area contributed by atoms with Crippen LogP contribution in [0, 0.1) is 0 Å². The summed E-state index contributed by atoms with van der Waals surface area (Å²) in [6, 6.07) is 19.5. The molecule has 2 heterocycles. The van der Waals surface area contributed by atoms with E-state index in [0.29, 0.717) is 51.1 Å². The van der Waals surface area contributed by atoms with Crippen molar-refractivity contribution in [2.24, 2.45) is 4.99 Å². The van der Waals surface area contributed by atoms with Crippen LogP contribution in [0.25, 0.3) is 6.08 Å². The van der Waals surface area contributed by atoms with Gasteiger partial charge in [0.1, 0.15) is 12.4 Å². The summed E-state index contributed by atoms with van der Waals surface area (Å²) in [6.07, 6.45) is 1.77. The van der Waals surface area contributed by atoms with Crippen LogP contribution in [0.5, 0.6) is 17.2 Å². The third-order valence-electron chi connectivity index (χ3n) is 7.19. The number of halogens is 1. The lowest BCUT2D eigenvalue weighted by atomic mass is 9.95. The number of esters is 2. The molecule has 0 bridgehead atoms. The lowest BCUT2D eigenvalue weighted by Crippen LogP contribution is -2.40. The maximum absolute atomic E-state index is 14.2. The summed E-state index contributed by atoms with van der Waals surface area (Å²) in [7, 11) is 1.27. The second kappa shape index (κ2) is 15.3. The fourth-order valence-corrected chi connectivity index (χ4v) is 6.30. The van der Waals surface area contributed by atoms with Crippen LogP contribution in [-0.2, 0) is 25.7 Å². The number of carbonyl (C=O) groups excluding carboxylic acids is 2. The average Bonchev–Trinajstić information content (AvgIpc) is 3.37. The summed E-state index contributed by atoms with van der Waals surface area (Å²) < 4.78 is 30.6. The van der Waals surface area contributed by atoms with Gasteiger partial charge < -0.3 is 23.7 Å². The number of nitrogens with zero attached hydrogens (tertiary/aromatic N) is 2. The number of thiazole rings is 1. The smallest absolute Gasteiger partial charge is 0.343 e. The Kier molecular flexibility index (Phi) is 10.9. The first kappa shape index (κ1) is 33.7. The molecule has 0 fully saturated rings. The summed E-state index contributed by atoms with van der Waals surface area (Å²) >= 11 is 4.67. The van der Waals surface area contributed by atoms with E-state index in [1.807, 2.05) is 55.5 Å². The van der Waals surface area contributed by atoms with Gasteiger partial charge in [0.05, 0.1) is 42.2 Å². The number of allylic oxidation sites excluding steroid dienone is 1. The molecule has 1 aliphatic heterocycles. The molecule has 0 N–H and O–H groups in total. The Hall–Kier alpha value is -4.68. The second-order valence-corrected chi connectivity index (χ2v) is 12.2. The highest BCUT2D eigenvalue weighted by molar-refractivity contribution is 9.10. The number of rotatable bonds is 12. The molecule has 0 saturated heterocycles. The molecule has 1 aromatic heterocycles. The van der Waals surface area contributed by atoms with Gasteiger partial charge in [0.2, 0.25) is 0 Å². The predicted molar refractivity (Wildman–Crippen MR) is 180 cm³/mol. The number of hydrogen-bond donors (Lipinski definition) is 0. The molecule has 4 aromatic rings. The van der Waals surface area contributed by atoms with Crippen LogP contribution >= 0.6 is 27.3 Å². The Bertz CT molecular complexity index is 2000. The number of ether oxygens (including phenoxy) is 5. The van der Waals surface area contributed by atoms with Crippen LogP contribution in [0.2, 0.25) is 0 Å². The maximum atomic E-state index is 14.2. The van der Waals surface area contributed by atoms with Crippen molar-refractivity contribution >= 4 is 45.3 Å². The van der Waals surface area contributed by atoms with E-state index in [2.05, 4.69) is 25.7 Å². The molecular formula is C35H33BrN2O8S. The Morgan fingerprint density at radius 3 is 2.45 bits per heavy atom. The summed E-state index contributed by atoms with van der Waals surface area (Å²) in [6.45, 7) is 5.75. The Morgan fingerprint density at radius 1 is 0.957 bits per heavy atom. The highest BCUT2D eigenvalue weighted by atomic mass is 79.9. The van der Waals surface area contributed by atoms with Crippen molar-refractivity contribution in [3.63, 3.8) is 0 Å². The van der Waals surface area contributed by atoms with Crippen molar-refractivity contribution in [2.75, 3.05) is 26.9 Å². The number of methoxy groups -OCH3 is 1. The van der Waals surface area contributed by atoms with Crippen molar-refractivity contribution in [3.05, 3.63) is 119 Å². The third-order valence-corrected chi connectivity index (χ3v) is 8.70. The topological polar surface area (TPSA) is 115 Å². The van der Waals surface area contributed by atoms with E-state index in [9.17, 15) is 14.4 Å². The van der Waals surface area contributed by atoms with Gasteiger partial charge in [-0.25, -0.2) is 14.6 Å². The van der Waals surface area contributed by atoms with E-state index in [1.165, 1.54) is 23.0 Å². The first-order valence-corrected chi connectivity index (χ1v) is 16.5. The monoisotopic (exact) mass is 720 g/mol. The molecule has 3 aromatic carbocycles. The summed E-state index contributed by atoms with van der Waals surface area (Å²) in [5.41, 5.74) is 2.62. The van der Waals surface area contributed by atoms with Gasteiger partial charge in [0.15, 0.2) is 22.9 Å². The van der Waals surface area contributed by atoms with Gasteiger partial charge in [0.25, 0.3) is 5.56 Å². The highest BCUT2D eigenvalue weighted by Crippen LogP contribution is 2.36. The third kappa shape index (κ3) is 7.66. The number of benzene rings is 3. The van der Waals surface area contributed by atoms with Crippen LogP contribution in [0.15, 0.2) is 92.3 Å². The number of aromatic nitrogens is 1. The molecule has 0 amide bonds. The van der Waals surface area contributed by atoms with E-state index >= 15 is 0 Å². The van der Waals surface area contributed by atoms with Crippen molar-refractivity contribution < 1.29 is 33.3 Å². The molecule has 0 aliphatic carbocycles. The molecule has 0 unspecified atom stereocenters.